The highest BCUT2D eigenvalue weighted by Crippen LogP contribution is 2.32. The Kier molecular flexibility index (Phi) is 4.79. The molecule has 0 fully saturated rings. The Balaban J connectivity index is 2.51. The van der Waals surface area contributed by atoms with Crippen LogP contribution in [0.15, 0.2) is 42.6 Å². The van der Waals surface area contributed by atoms with Gasteiger partial charge in [0.2, 0.25) is 0 Å². The van der Waals surface area contributed by atoms with Gasteiger partial charge < -0.3 is 5.32 Å². The van der Waals surface area contributed by atoms with Crippen LogP contribution < -0.4 is 5.32 Å². The summed E-state index contributed by atoms with van der Waals surface area (Å²) in [5, 5.41) is 3.61. The molecule has 2 rings (SSSR count). The second-order valence-corrected chi connectivity index (χ2v) is 6.56. The highest BCUT2D eigenvalue weighted by Gasteiger charge is 2.23. The molecule has 0 aliphatic carbocycles. The second kappa shape index (κ2) is 6.40. The van der Waals surface area contributed by atoms with E-state index in [1.165, 1.54) is 16.7 Å². The lowest BCUT2D eigenvalue weighted by atomic mass is 9.80. The number of rotatable bonds is 4. The average Bonchev–Trinajstić information content (AvgIpc) is 2.45. The Labute approximate surface area is 128 Å². The Bertz CT molecular complexity index is 579. The molecule has 0 bridgehead atoms. The smallest absolute Gasteiger partial charge is 0.0594 e. The summed E-state index contributed by atoms with van der Waals surface area (Å²) in [7, 11) is 0. The highest BCUT2D eigenvalue weighted by molar-refractivity contribution is 5.40. The Hall–Kier alpha value is -1.67. The fourth-order valence-electron chi connectivity index (χ4n) is 2.69. The lowest BCUT2D eigenvalue weighted by Crippen LogP contribution is -2.26. The minimum atomic E-state index is 0.127. The first kappa shape index (κ1) is 15.7. The van der Waals surface area contributed by atoms with Gasteiger partial charge in [0.25, 0.3) is 0 Å². The molecule has 0 radical (unpaired) electrons. The zero-order valence-electron chi connectivity index (χ0n) is 13.8. The minimum Gasteiger partial charge on any atom is -0.306 e. The first-order valence-electron chi connectivity index (χ1n) is 7.69. The van der Waals surface area contributed by atoms with Crippen molar-refractivity contribution in [3.05, 3.63) is 65.0 Å². The fraction of sp³-hybridized carbons (Fsp3) is 0.421. The molecule has 0 saturated heterocycles. The summed E-state index contributed by atoms with van der Waals surface area (Å²) in [5.41, 5.74) is 5.13. The third-order valence-electron chi connectivity index (χ3n) is 3.76. The van der Waals surface area contributed by atoms with Crippen molar-refractivity contribution in [1.82, 2.24) is 10.3 Å². The highest BCUT2D eigenvalue weighted by atomic mass is 14.9. The molecule has 0 saturated carbocycles. The van der Waals surface area contributed by atoms with Gasteiger partial charge in [0.15, 0.2) is 0 Å². The average molecular weight is 282 g/mol. The Morgan fingerprint density at radius 3 is 2.38 bits per heavy atom. The topological polar surface area (TPSA) is 24.9 Å². The van der Waals surface area contributed by atoms with Gasteiger partial charge >= 0.3 is 0 Å². The van der Waals surface area contributed by atoms with Crippen LogP contribution in [0.3, 0.4) is 0 Å². The monoisotopic (exact) mass is 282 g/mol. The van der Waals surface area contributed by atoms with Crippen molar-refractivity contribution in [3.8, 4) is 0 Å². The van der Waals surface area contributed by atoms with E-state index in [1.54, 1.807) is 0 Å². The van der Waals surface area contributed by atoms with Gasteiger partial charge in [-0.15, -0.1) is 0 Å². The molecule has 0 amide bonds. The summed E-state index contributed by atoms with van der Waals surface area (Å²) < 4.78 is 0. The van der Waals surface area contributed by atoms with E-state index in [4.69, 9.17) is 0 Å². The number of benzene rings is 1. The van der Waals surface area contributed by atoms with Gasteiger partial charge in [-0.2, -0.15) is 0 Å². The lowest BCUT2D eigenvalue weighted by molar-refractivity contribution is 0.556. The molecule has 0 aliphatic heterocycles. The van der Waals surface area contributed by atoms with Gasteiger partial charge in [-0.1, -0.05) is 58.0 Å². The van der Waals surface area contributed by atoms with Crippen LogP contribution >= 0.6 is 0 Å². The number of nitrogens with zero attached hydrogens (tertiary/aromatic N) is 1. The summed E-state index contributed by atoms with van der Waals surface area (Å²) in [6.45, 7) is 11.9. The van der Waals surface area contributed by atoms with Gasteiger partial charge in [-0.3, -0.25) is 4.98 Å². The number of aryl methyl sites for hydroxylation is 1. The van der Waals surface area contributed by atoms with Crippen molar-refractivity contribution in [2.24, 2.45) is 0 Å². The molecule has 2 aromatic rings. The maximum Gasteiger partial charge on any atom is 0.0594 e. The first-order chi connectivity index (χ1) is 9.93. The van der Waals surface area contributed by atoms with E-state index in [-0.39, 0.29) is 11.5 Å². The van der Waals surface area contributed by atoms with Crippen molar-refractivity contribution in [2.45, 2.75) is 46.1 Å². The number of nitrogens with one attached hydrogen (secondary N) is 1. The molecule has 0 aliphatic rings. The summed E-state index contributed by atoms with van der Waals surface area (Å²) in [5.74, 6) is 0. The van der Waals surface area contributed by atoms with Gasteiger partial charge in [0.05, 0.1) is 6.04 Å². The molecular weight excluding hydrogens is 256 g/mol. The number of aromatic nitrogens is 1. The van der Waals surface area contributed by atoms with Crippen molar-refractivity contribution in [1.29, 1.82) is 0 Å². The van der Waals surface area contributed by atoms with Gasteiger partial charge in [0, 0.05) is 11.9 Å². The fourth-order valence-corrected chi connectivity index (χ4v) is 2.69. The minimum absolute atomic E-state index is 0.127. The van der Waals surface area contributed by atoms with E-state index in [1.807, 2.05) is 13.1 Å². The molecule has 1 unspecified atom stereocenters. The van der Waals surface area contributed by atoms with Crippen LogP contribution in [0.25, 0.3) is 0 Å². The SMILES string of the molecule is CCNC(c1ccc(C)nc1)c1ccccc1C(C)(C)C. The second-order valence-electron chi connectivity index (χ2n) is 6.56. The molecule has 0 spiro atoms. The summed E-state index contributed by atoms with van der Waals surface area (Å²) >= 11 is 0. The van der Waals surface area contributed by atoms with Crippen LogP contribution in [0.2, 0.25) is 0 Å². The van der Waals surface area contributed by atoms with Crippen LogP contribution in [-0.2, 0) is 5.41 Å². The van der Waals surface area contributed by atoms with Crippen LogP contribution in [0.5, 0.6) is 0 Å². The van der Waals surface area contributed by atoms with Crippen LogP contribution in [0, 0.1) is 6.92 Å². The summed E-state index contributed by atoms with van der Waals surface area (Å²) in [6, 6.07) is 13.2. The maximum atomic E-state index is 4.46. The zero-order valence-corrected chi connectivity index (χ0v) is 13.8. The van der Waals surface area contributed by atoms with Gasteiger partial charge in [-0.05, 0) is 41.6 Å². The van der Waals surface area contributed by atoms with Crippen molar-refractivity contribution < 1.29 is 0 Å². The van der Waals surface area contributed by atoms with Crippen LogP contribution in [-0.4, -0.2) is 11.5 Å². The Morgan fingerprint density at radius 1 is 1.10 bits per heavy atom. The number of hydrogen-bond donors (Lipinski definition) is 1. The molecule has 112 valence electrons. The molecule has 1 N–H and O–H groups in total. The molecule has 1 aromatic carbocycles. The third-order valence-corrected chi connectivity index (χ3v) is 3.76. The number of pyridine rings is 1. The van der Waals surface area contributed by atoms with E-state index in [9.17, 15) is 0 Å². The van der Waals surface area contributed by atoms with Gasteiger partial charge in [-0.25, -0.2) is 0 Å². The van der Waals surface area contributed by atoms with Crippen molar-refractivity contribution in [2.75, 3.05) is 6.54 Å². The predicted octanol–water partition coefficient (Wildman–Crippen LogP) is 4.39. The van der Waals surface area contributed by atoms with E-state index >= 15 is 0 Å². The molecule has 1 heterocycles. The molecule has 21 heavy (non-hydrogen) atoms. The standard InChI is InChI=1S/C19H26N2/c1-6-20-18(15-12-11-14(2)21-13-15)16-9-7-8-10-17(16)19(3,4)5/h7-13,18,20H,6H2,1-5H3. The predicted molar refractivity (Wildman–Crippen MR) is 89.6 cm³/mol. The molecule has 2 nitrogen and oxygen atoms in total. The summed E-state index contributed by atoms with van der Waals surface area (Å²) in [6.07, 6.45) is 1.99. The molecule has 1 atom stereocenters. The van der Waals surface area contributed by atoms with Gasteiger partial charge in [0.1, 0.15) is 0 Å². The quantitative estimate of drug-likeness (QED) is 0.899. The lowest BCUT2D eigenvalue weighted by Gasteiger charge is -2.28. The summed E-state index contributed by atoms with van der Waals surface area (Å²) in [4.78, 5) is 4.46. The van der Waals surface area contributed by atoms with E-state index in [2.05, 4.69) is 74.4 Å². The Morgan fingerprint density at radius 2 is 1.81 bits per heavy atom. The van der Waals surface area contributed by atoms with E-state index < -0.39 is 0 Å². The molecule has 2 heteroatoms. The molecular formula is C19H26N2. The van der Waals surface area contributed by atoms with E-state index in [0.717, 1.165) is 12.2 Å². The normalized spacial score (nSPS) is 13.2. The zero-order chi connectivity index (χ0) is 15.5. The van der Waals surface area contributed by atoms with Crippen LogP contribution in [0.1, 0.15) is 56.1 Å². The van der Waals surface area contributed by atoms with E-state index in [0.29, 0.717) is 0 Å². The largest absolute Gasteiger partial charge is 0.306 e. The number of hydrogen-bond acceptors (Lipinski definition) is 2. The van der Waals surface area contributed by atoms with Crippen molar-refractivity contribution >= 4 is 0 Å². The molecule has 1 aromatic heterocycles. The first-order valence-corrected chi connectivity index (χ1v) is 7.69. The third kappa shape index (κ3) is 3.70. The van der Waals surface area contributed by atoms with Crippen molar-refractivity contribution in [3.63, 3.8) is 0 Å². The maximum absolute atomic E-state index is 4.46. The van der Waals surface area contributed by atoms with Crippen LogP contribution in [0.4, 0.5) is 0 Å².